The average Bonchev–Trinajstić information content (AvgIpc) is 2.69. The number of halogens is 1. The van der Waals surface area contributed by atoms with Crippen LogP contribution >= 0.6 is 11.6 Å². The lowest BCUT2D eigenvalue weighted by atomic mass is 10.1. The van der Waals surface area contributed by atoms with Crippen molar-refractivity contribution in [1.29, 1.82) is 0 Å². The molecule has 0 unspecified atom stereocenters. The third-order valence-electron chi connectivity index (χ3n) is 4.27. The minimum atomic E-state index is -0.196. The van der Waals surface area contributed by atoms with Crippen molar-refractivity contribution in [2.45, 2.75) is 13.3 Å². The smallest absolute Gasteiger partial charge is 0.257 e. The van der Waals surface area contributed by atoms with Crippen molar-refractivity contribution in [2.75, 3.05) is 32.8 Å². The molecule has 0 radical (unpaired) electrons. The van der Waals surface area contributed by atoms with Gasteiger partial charge in [-0.05, 0) is 31.2 Å². The molecule has 1 aromatic carbocycles. The molecule has 2 heterocycles. The van der Waals surface area contributed by atoms with E-state index in [1.54, 1.807) is 42.3 Å². The molecule has 1 aliphatic rings. The summed E-state index contributed by atoms with van der Waals surface area (Å²) in [5.74, 6) is 0.295. The number of amides is 2. The fourth-order valence-electron chi connectivity index (χ4n) is 2.82. The number of aromatic nitrogens is 2. The van der Waals surface area contributed by atoms with Crippen LogP contribution in [0.2, 0.25) is 5.02 Å². The molecule has 7 nitrogen and oxygen atoms in total. The quantitative estimate of drug-likeness (QED) is 0.845. The normalized spacial score (nSPS) is 14.1. The van der Waals surface area contributed by atoms with Gasteiger partial charge in [-0.1, -0.05) is 11.6 Å². The van der Waals surface area contributed by atoms with Gasteiger partial charge in [0.2, 0.25) is 0 Å². The number of benzene rings is 1. The maximum atomic E-state index is 12.8. The number of carbonyl (C=O) groups is 2. The molecule has 1 saturated heterocycles. The number of aryl methyl sites for hydroxylation is 1. The second kappa shape index (κ2) is 8.92. The van der Waals surface area contributed by atoms with Crippen molar-refractivity contribution in [1.82, 2.24) is 20.2 Å². The zero-order valence-corrected chi connectivity index (χ0v) is 15.8. The molecular weight excluding hydrogens is 368 g/mol. The summed E-state index contributed by atoms with van der Waals surface area (Å²) in [4.78, 5) is 35.3. The van der Waals surface area contributed by atoms with Gasteiger partial charge in [0.05, 0.1) is 24.5 Å². The van der Waals surface area contributed by atoms with E-state index in [0.29, 0.717) is 66.9 Å². The lowest BCUT2D eigenvalue weighted by Crippen LogP contribution is -2.41. The number of carbonyl (C=O) groups excluding carboxylic acids is 2. The summed E-state index contributed by atoms with van der Waals surface area (Å²) < 4.78 is 5.29. The van der Waals surface area contributed by atoms with Crippen molar-refractivity contribution in [3.8, 4) is 0 Å². The fraction of sp³-hybridized carbons (Fsp3) is 0.368. The maximum absolute atomic E-state index is 12.8. The zero-order valence-electron chi connectivity index (χ0n) is 15.1. The van der Waals surface area contributed by atoms with Crippen LogP contribution in [0, 0.1) is 6.92 Å². The van der Waals surface area contributed by atoms with E-state index in [4.69, 9.17) is 16.3 Å². The van der Waals surface area contributed by atoms with Gasteiger partial charge in [0.1, 0.15) is 5.82 Å². The molecular formula is C19H21ClN4O3. The van der Waals surface area contributed by atoms with Crippen LogP contribution in [-0.4, -0.2) is 59.5 Å². The van der Waals surface area contributed by atoms with Gasteiger partial charge in [0.15, 0.2) is 0 Å². The number of ether oxygens (including phenoxy) is 1. The molecule has 1 N–H and O–H groups in total. The molecule has 0 bridgehead atoms. The number of rotatable bonds is 5. The van der Waals surface area contributed by atoms with Gasteiger partial charge in [-0.25, -0.2) is 9.97 Å². The standard InChI is InChI=1S/C19H21ClN4O3/c1-13-22-12-16(19(26)24-8-10-27-11-9-24)17(23-13)6-7-21-18(25)14-2-4-15(20)5-3-14/h2-5,12H,6-11H2,1H3,(H,21,25). The first-order valence-electron chi connectivity index (χ1n) is 8.78. The Morgan fingerprint density at radius 1 is 1.22 bits per heavy atom. The molecule has 8 heteroatoms. The van der Waals surface area contributed by atoms with E-state index in [1.807, 2.05) is 0 Å². The number of hydrogen-bond acceptors (Lipinski definition) is 5. The van der Waals surface area contributed by atoms with E-state index in [2.05, 4.69) is 15.3 Å². The fourth-order valence-corrected chi connectivity index (χ4v) is 2.95. The highest BCUT2D eigenvalue weighted by atomic mass is 35.5. The zero-order chi connectivity index (χ0) is 19.2. The van der Waals surface area contributed by atoms with Gasteiger partial charge in [0, 0.05) is 42.8 Å². The van der Waals surface area contributed by atoms with Crippen molar-refractivity contribution < 1.29 is 14.3 Å². The van der Waals surface area contributed by atoms with Crippen molar-refractivity contribution >= 4 is 23.4 Å². The van der Waals surface area contributed by atoms with Gasteiger partial charge < -0.3 is 15.0 Å². The van der Waals surface area contributed by atoms with Gasteiger partial charge in [-0.15, -0.1) is 0 Å². The highest BCUT2D eigenvalue weighted by Gasteiger charge is 2.22. The summed E-state index contributed by atoms with van der Waals surface area (Å²) in [6.07, 6.45) is 2.00. The SMILES string of the molecule is Cc1ncc(C(=O)N2CCOCC2)c(CCNC(=O)c2ccc(Cl)cc2)n1. The molecule has 0 spiro atoms. The second-order valence-electron chi connectivity index (χ2n) is 6.19. The van der Waals surface area contributed by atoms with E-state index in [9.17, 15) is 9.59 Å². The monoisotopic (exact) mass is 388 g/mol. The van der Waals surface area contributed by atoms with Gasteiger partial charge >= 0.3 is 0 Å². The number of nitrogens with one attached hydrogen (secondary N) is 1. The Hall–Kier alpha value is -2.51. The molecule has 1 aromatic heterocycles. The van der Waals surface area contributed by atoms with Gasteiger partial charge in [-0.2, -0.15) is 0 Å². The summed E-state index contributed by atoms with van der Waals surface area (Å²) in [5.41, 5.74) is 1.64. The van der Waals surface area contributed by atoms with Crippen LogP contribution in [0.4, 0.5) is 0 Å². The van der Waals surface area contributed by atoms with E-state index in [-0.39, 0.29) is 11.8 Å². The van der Waals surface area contributed by atoms with Crippen molar-refractivity contribution in [3.05, 3.63) is 58.1 Å². The lowest BCUT2D eigenvalue weighted by molar-refractivity contribution is 0.0301. The van der Waals surface area contributed by atoms with Crippen LogP contribution in [0.3, 0.4) is 0 Å². The van der Waals surface area contributed by atoms with Crippen LogP contribution in [0.25, 0.3) is 0 Å². The Bertz CT molecular complexity index is 820. The Kier molecular flexibility index (Phi) is 6.36. The first-order valence-corrected chi connectivity index (χ1v) is 9.15. The van der Waals surface area contributed by atoms with E-state index < -0.39 is 0 Å². The number of morpholine rings is 1. The second-order valence-corrected chi connectivity index (χ2v) is 6.63. The topological polar surface area (TPSA) is 84.4 Å². The Balaban J connectivity index is 1.65. The predicted octanol–water partition coefficient (Wildman–Crippen LogP) is 1.88. The average molecular weight is 389 g/mol. The van der Waals surface area contributed by atoms with Crippen LogP contribution in [-0.2, 0) is 11.2 Å². The Labute approximate surface area is 162 Å². The maximum Gasteiger partial charge on any atom is 0.257 e. The third-order valence-corrected chi connectivity index (χ3v) is 4.52. The number of nitrogens with zero attached hydrogens (tertiary/aromatic N) is 3. The van der Waals surface area contributed by atoms with E-state index in [0.717, 1.165) is 0 Å². The van der Waals surface area contributed by atoms with Crippen LogP contribution in [0.15, 0.2) is 30.5 Å². The summed E-state index contributed by atoms with van der Waals surface area (Å²) in [6, 6.07) is 6.67. The van der Waals surface area contributed by atoms with Crippen LogP contribution in [0.5, 0.6) is 0 Å². The molecule has 2 amide bonds. The molecule has 0 saturated carbocycles. The molecule has 3 rings (SSSR count). The summed E-state index contributed by atoms with van der Waals surface area (Å²) >= 11 is 5.84. The molecule has 142 valence electrons. The minimum Gasteiger partial charge on any atom is -0.378 e. The summed E-state index contributed by atoms with van der Waals surface area (Å²) in [7, 11) is 0. The van der Waals surface area contributed by atoms with Gasteiger partial charge in [0.25, 0.3) is 11.8 Å². The first kappa shape index (κ1) is 19.3. The molecule has 0 aliphatic carbocycles. The molecule has 0 atom stereocenters. The molecule has 1 aliphatic heterocycles. The summed E-state index contributed by atoms with van der Waals surface area (Å²) in [6.45, 7) is 4.31. The van der Waals surface area contributed by atoms with Crippen LogP contribution < -0.4 is 5.32 Å². The Morgan fingerprint density at radius 2 is 1.93 bits per heavy atom. The van der Waals surface area contributed by atoms with E-state index >= 15 is 0 Å². The van der Waals surface area contributed by atoms with Crippen molar-refractivity contribution in [3.63, 3.8) is 0 Å². The van der Waals surface area contributed by atoms with Gasteiger partial charge in [-0.3, -0.25) is 9.59 Å². The largest absolute Gasteiger partial charge is 0.378 e. The third kappa shape index (κ3) is 5.02. The predicted molar refractivity (Wildman–Crippen MR) is 101 cm³/mol. The summed E-state index contributed by atoms with van der Waals surface area (Å²) in [5, 5.41) is 3.42. The first-order chi connectivity index (χ1) is 13.0. The molecule has 27 heavy (non-hydrogen) atoms. The minimum absolute atomic E-state index is 0.0997. The van der Waals surface area contributed by atoms with Crippen molar-refractivity contribution in [2.24, 2.45) is 0 Å². The highest BCUT2D eigenvalue weighted by Crippen LogP contribution is 2.12. The lowest BCUT2D eigenvalue weighted by Gasteiger charge is -2.27. The molecule has 2 aromatic rings. The van der Waals surface area contributed by atoms with E-state index in [1.165, 1.54) is 0 Å². The highest BCUT2D eigenvalue weighted by molar-refractivity contribution is 6.30. The Morgan fingerprint density at radius 3 is 2.63 bits per heavy atom. The van der Waals surface area contributed by atoms with Crippen LogP contribution in [0.1, 0.15) is 32.2 Å². The number of hydrogen-bond donors (Lipinski definition) is 1. The molecule has 1 fully saturated rings.